The number of nitrogens with one attached hydrogen (secondary N) is 1. The van der Waals surface area contributed by atoms with Gasteiger partial charge in [-0.1, -0.05) is 6.92 Å². The standard InChI is InChI=1S/C11H17N5O/c1-3-4-16-7-9-6-13-11(12-5-8(2)17)14-10(9)15-16/h6-8,17H,3-5H2,1-2H3,(H,12,14,15)/t8-/m0/s1. The van der Waals surface area contributed by atoms with Crippen molar-refractivity contribution in [3.05, 3.63) is 12.4 Å². The Morgan fingerprint density at radius 3 is 3.06 bits per heavy atom. The summed E-state index contributed by atoms with van der Waals surface area (Å²) in [6, 6.07) is 0. The van der Waals surface area contributed by atoms with E-state index in [1.807, 2.05) is 10.9 Å². The van der Waals surface area contributed by atoms with Gasteiger partial charge in [0.25, 0.3) is 0 Å². The quantitative estimate of drug-likeness (QED) is 0.809. The number of aryl methyl sites for hydroxylation is 1. The van der Waals surface area contributed by atoms with Crippen LogP contribution in [0.2, 0.25) is 0 Å². The van der Waals surface area contributed by atoms with Gasteiger partial charge in [0, 0.05) is 25.5 Å². The smallest absolute Gasteiger partial charge is 0.224 e. The first kappa shape index (κ1) is 11.8. The maximum absolute atomic E-state index is 9.16. The van der Waals surface area contributed by atoms with Gasteiger partial charge in [-0.05, 0) is 13.3 Å². The molecule has 2 heterocycles. The van der Waals surface area contributed by atoms with Crippen molar-refractivity contribution in [2.24, 2.45) is 0 Å². The molecule has 0 saturated heterocycles. The molecule has 0 aliphatic rings. The zero-order valence-corrected chi connectivity index (χ0v) is 10.1. The second kappa shape index (κ2) is 5.09. The number of aromatic nitrogens is 4. The largest absolute Gasteiger partial charge is 0.392 e. The van der Waals surface area contributed by atoms with E-state index in [1.165, 1.54) is 0 Å². The highest BCUT2D eigenvalue weighted by Gasteiger charge is 2.05. The van der Waals surface area contributed by atoms with E-state index < -0.39 is 6.10 Å². The molecule has 0 saturated carbocycles. The van der Waals surface area contributed by atoms with E-state index in [-0.39, 0.29) is 0 Å². The van der Waals surface area contributed by atoms with Crippen LogP contribution in [0, 0.1) is 0 Å². The molecule has 6 nitrogen and oxygen atoms in total. The summed E-state index contributed by atoms with van der Waals surface area (Å²) in [6.45, 7) is 5.13. The Hall–Kier alpha value is -1.69. The normalized spacial score (nSPS) is 12.9. The van der Waals surface area contributed by atoms with Crippen molar-refractivity contribution in [1.82, 2.24) is 19.7 Å². The summed E-state index contributed by atoms with van der Waals surface area (Å²) in [5.74, 6) is 0.500. The predicted octanol–water partition coefficient (Wildman–Crippen LogP) is 1.03. The number of anilines is 1. The van der Waals surface area contributed by atoms with Crippen LogP contribution in [0.3, 0.4) is 0 Å². The molecule has 2 rings (SSSR count). The molecule has 17 heavy (non-hydrogen) atoms. The van der Waals surface area contributed by atoms with Gasteiger partial charge < -0.3 is 10.4 Å². The predicted molar refractivity (Wildman–Crippen MR) is 65.8 cm³/mol. The van der Waals surface area contributed by atoms with E-state index in [9.17, 15) is 0 Å². The van der Waals surface area contributed by atoms with Crippen molar-refractivity contribution >= 4 is 17.0 Å². The van der Waals surface area contributed by atoms with Crippen molar-refractivity contribution < 1.29 is 5.11 Å². The van der Waals surface area contributed by atoms with Crippen LogP contribution in [-0.4, -0.2) is 37.5 Å². The molecule has 0 amide bonds. The fourth-order valence-corrected chi connectivity index (χ4v) is 1.53. The Balaban J connectivity index is 2.18. The second-order valence-corrected chi connectivity index (χ2v) is 4.09. The van der Waals surface area contributed by atoms with Crippen LogP contribution in [-0.2, 0) is 6.54 Å². The molecule has 0 aliphatic carbocycles. The van der Waals surface area contributed by atoms with Crippen molar-refractivity contribution in [3.8, 4) is 0 Å². The van der Waals surface area contributed by atoms with Crippen LogP contribution in [0.25, 0.3) is 11.0 Å². The molecule has 92 valence electrons. The molecular weight excluding hydrogens is 218 g/mol. The van der Waals surface area contributed by atoms with E-state index >= 15 is 0 Å². The van der Waals surface area contributed by atoms with Crippen molar-refractivity contribution in [3.63, 3.8) is 0 Å². The second-order valence-electron chi connectivity index (χ2n) is 4.09. The molecular formula is C11H17N5O. The Labute approximate surface area is 99.7 Å². The van der Waals surface area contributed by atoms with Gasteiger partial charge in [-0.2, -0.15) is 10.1 Å². The number of nitrogens with zero attached hydrogens (tertiary/aromatic N) is 4. The SMILES string of the molecule is CCCn1cc2cnc(NC[C@H](C)O)nc2n1. The van der Waals surface area contributed by atoms with Gasteiger partial charge in [-0.3, -0.25) is 4.68 Å². The molecule has 6 heteroatoms. The van der Waals surface area contributed by atoms with Crippen molar-refractivity contribution in [2.75, 3.05) is 11.9 Å². The van der Waals surface area contributed by atoms with E-state index in [4.69, 9.17) is 5.11 Å². The van der Waals surface area contributed by atoms with Crippen LogP contribution in [0.4, 0.5) is 5.95 Å². The average molecular weight is 235 g/mol. The molecule has 2 aromatic rings. The summed E-state index contributed by atoms with van der Waals surface area (Å²) < 4.78 is 1.87. The lowest BCUT2D eigenvalue weighted by molar-refractivity contribution is 0.208. The van der Waals surface area contributed by atoms with E-state index in [0.29, 0.717) is 18.1 Å². The molecule has 0 bridgehead atoms. The van der Waals surface area contributed by atoms with Crippen LogP contribution < -0.4 is 5.32 Å². The number of hydrogen-bond acceptors (Lipinski definition) is 5. The van der Waals surface area contributed by atoms with Gasteiger partial charge in [0.1, 0.15) is 0 Å². The molecule has 2 aromatic heterocycles. The molecule has 0 spiro atoms. The monoisotopic (exact) mass is 235 g/mol. The Kier molecular flexibility index (Phi) is 3.53. The van der Waals surface area contributed by atoms with Crippen LogP contribution in [0.5, 0.6) is 0 Å². The molecule has 0 fully saturated rings. The lowest BCUT2D eigenvalue weighted by Crippen LogP contribution is -2.16. The molecule has 0 aliphatic heterocycles. The first-order valence-corrected chi connectivity index (χ1v) is 5.81. The topological polar surface area (TPSA) is 75.9 Å². The maximum atomic E-state index is 9.16. The van der Waals surface area contributed by atoms with E-state index in [2.05, 4.69) is 27.3 Å². The lowest BCUT2D eigenvalue weighted by atomic mass is 10.4. The fraction of sp³-hybridized carbons (Fsp3) is 0.545. The maximum Gasteiger partial charge on any atom is 0.224 e. The van der Waals surface area contributed by atoms with Crippen molar-refractivity contribution in [1.29, 1.82) is 0 Å². The molecule has 2 N–H and O–H groups in total. The van der Waals surface area contributed by atoms with Gasteiger partial charge >= 0.3 is 0 Å². The summed E-state index contributed by atoms with van der Waals surface area (Å²) in [4.78, 5) is 8.45. The highest BCUT2D eigenvalue weighted by molar-refractivity contribution is 5.73. The van der Waals surface area contributed by atoms with Gasteiger partial charge in [-0.25, -0.2) is 4.98 Å². The summed E-state index contributed by atoms with van der Waals surface area (Å²) in [5.41, 5.74) is 0.682. The summed E-state index contributed by atoms with van der Waals surface area (Å²) >= 11 is 0. The number of hydrogen-bond donors (Lipinski definition) is 2. The zero-order chi connectivity index (χ0) is 12.3. The number of aliphatic hydroxyl groups excluding tert-OH is 1. The summed E-state index contributed by atoms with van der Waals surface area (Å²) in [7, 11) is 0. The summed E-state index contributed by atoms with van der Waals surface area (Å²) in [6.07, 6.45) is 4.30. The fourth-order valence-electron chi connectivity index (χ4n) is 1.53. The van der Waals surface area contributed by atoms with Crippen LogP contribution >= 0.6 is 0 Å². The van der Waals surface area contributed by atoms with E-state index in [1.54, 1.807) is 13.1 Å². The minimum Gasteiger partial charge on any atom is -0.392 e. The zero-order valence-electron chi connectivity index (χ0n) is 10.1. The first-order chi connectivity index (χ1) is 8.19. The Bertz CT molecular complexity index is 494. The van der Waals surface area contributed by atoms with Gasteiger partial charge in [0.2, 0.25) is 5.95 Å². The Morgan fingerprint density at radius 1 is 1.53 bits per heavy atom. The summed E-state index contributed by atoms with van der Waals surface area (Å²) in [5, 5.41) is 17.4. The molecule has 1 atom stereocenters. The first-order valence-electron chi connectivity index (χ1n) is 5.81. The molecule has 0 unspecified atom stereocenters. The average Bonchev–Trinajstić information content (AvgIpc) is 2.68. The van der Waals surface area contributed by atoms with Crippen LogP contribution in [0.15, 0.2) is 12.4 Å². The third kappa shape index (κ3) is 2.91. The van der Waals surface area contributed by atoms with Gasteiger partial charge in [-0.15, -0.1) is 0 Å². The van der Waals surface area contributed by atoms with Crippen LogP contribution in [0.1, 0.15) is 20.3 Å². The minimum atomic E-state index is -0.424. The minimum absolute atomic E-state index is 0.424. The number of fused-ring (bicyclic) bond motifs is 1. The number of rotatable bonds is 5. The molecule has 0 aromatic carbocycles. The third-order valence-corrected chi connectivity index (χ3v) is 2.32. The third-order valence-electron chi connectivity index (χ3n) is 2.32. The highest BCUT2D eigenvalue weighted by Crippen LogP contribution is 2.10. The van der Waals surface area contributed by atoms with Gasteiger partial charge in [0.15, 0.2) is 5.65 Å². The Morgan fingerprint density at radius 2 is 2.35 bits per heavy atom. The van der Waals surface area contributed by atoms with E-state index in [0.717, 1.165) is 18.4 Å². The van der Waals surface area contributed by atoms with Gasteiger partial charge in [0.05, 0.1) is 11.5 Å². The molecule has 0 radical (unpaired) electrons. The van der Waals surface area contributed by atoms with Crippen molar-refractivity contribution in [2.45, 2.75) is 32.9 Å². The number of aliphatic hydroxyl groups is 1. The highest BCUT2D eigenvalue weighted by atomic mass is 16.3. The lowest BCUT2D eigenvalue weighted by Gasteiger charge is -2.05.